The van der Waals surface area contributed by atoms with E-state index < -0.39 is 0 Å². The molecule has 4 nitrogen and oxygen atoms in total. The first-order valence-electron chi connectivity index (χ1n) is 13.3. The van der Waals surface area contributed by atoms with Gasteiger partial charge in [-0.25, -0.2) is 0 Å². The van der Waals surface area contributed by atoms with Crippen LogP contribution in [0.5, 0.6) is 0 Å². The number of hydrogen-bond acceptors (Lipinski definition) is 4. The predicted octanol–water partition coefficient (Wildman–Crippen LogP) is 8.16. The summed E-state index contributed by atoms with van der Waals surface area (Å²) in [7, 11) is 0. The molecule has 0 saturated heterocycles. The highest BCUT2D eigenvalue weighted by Gasteiger charge is 2.11. The van der Waals surface area contributed by atoms with Gasteiger partial charge in [-0.05, 0) is 38.5 Å². The summed E-state index contributed by atoms with van der Waals surface area (Å²) in [6, 6.07) is 0. The summed E-state index contributed by atoms with van der Waals surface area (Å²) in [6.45, 7) is 8.97. The second kappa shape index (κ2) is 22.1. The summed E-state index contributed by atoms with van der Waals surface area (Å²) < 4.78 is 10.7. The first kappa shape index (κ1) is 29.9. The number of ether oxygens (including phenoxy) is 2. The van der Waals surface area contributed by atoms with Crippen molar-refractivity contribution in [2.24, 2.45) is 5.92 Å². The molecule has 0 fully saturated rings. The van der Waals surface area contributed by atoms with E-state index in [0.29, 0.717) is 38.2 Å². The Balaban J connectivity index is 3.34. The highest BCUT2D eigenvalue weighted by atomic mass is 16.5. The van der Waals surface area contributed by atoms with Crippen molar-refractivity contribution in [2.45, 2.75) is 149 Å². The molecule has 0 aromatic rings. The maximum Gasteiger partial charge on any atom is 0.306 e. The van der Waals surface area contributed by atoms with Crippen LogP contribution in [0.15, 0.2) is 0 Å². The van der Waals surface area contributed by atoms with Crippen LogP contribution in [-0.4, -0.2) is 24.6 Å². The summed E-state index contributed by atoms with van der Waals surface area (Å²) >= 11 is 0. The van der Waals surface area contributed by atoms with Crippen LogP contribution in [-0.2, 0) is 19.1 Å². The van der Waals surface area contributed by atoms with E-state index in [9.17, 15) is 9.59 Å². The predicted molar refractivity (Wildman–Crippen MR) is 130 cm³/mol. The Morgan fingerprint density at radius 3 is 1.55 bits per heavy atom. The summed E-state index contributed by atoms with van der Waals surface area (Å²) in [4.78, 5) is 23.5. The van der Waals surface area contributed by atoms with Crippen molar-refractivity contribution in [3.05, 3.63) is 0 Å². The van der Waals surface area contributed by atoms with E-state index in [-0.39, 0.29) is 18.0 Å². The van der Waals surface area contributed by atoms with Crippen molar-refractivity contribution in [2.75, 3.05) is 6.61 Å². The fraction of sp³-hybridized carbons (Fsp3) is 0.926. The van der Waals surface area contributed by atoms with Crippen LogP contribution in [0.4, 0.5) is 0 Å². The number of unbranched alkanes of at least 4 members (excludes halogenated alkanes) is 13. The van der Waals surface area contributed by atoms with E-state index in [4.69, 9.17) is 9.47 Å². The molecule has 0 aliphatic rings. The molecule has 1 unspecified atom stereocenters. The molecule has 0 aliphatic heterocycles. The molecule has 0 radical (unpaired) electrons. The molecule has 0 heterocycles. The molecule has 0 bridgehead atoms. The first-order valence-corrected chi connectivity index (χ1v) is 13.3. The lowest BCUT2D eigenvalue weighted by Gasteiger charge is -2.15. The third-order valence-corrected chi connectivity index (χ3v) is 5.66. The van der Waals surface area contributed by atoms with E-state index in [2.05, 4.69) is 20.8 Å². The van der Waals surface area contributed by atoms with E-state index in [1.54, 1.807) is 0 Å². The number of hydrogen-bond donors (Lipinski definition) is 0. The molecule has 0 spiro atoms. The van der Waals surface area contributed by atoms with Crippen LogP contribution in [0.2, 0.25) is 0 Å². The zero-order chi connectivity index (χ0) is 23.2. The smallest absolute Gasteiger partial charge is 0.306 e. The number of esters is 2. The van der Waals surface area contributed by atoms with E-state index in [1.807, 2.05) is 6.92 Å². The molecule has 0 saturated carbocycles. The van der Waals surface area contributed by atoms with Gasteiger partial charge < -0.3 is 9.47 Å². The lowest BCUT2D eigenvalue weighted by molar-refractivity contribution is -0.149. The van der Waals surface area contributed by atoms with Gasteiger partial charge in [0.2, 0.25) is 0 Å². The summed E-state index contributed by atoms with van der Waals surface area (Å²) in [5, 5.41) is 0. The van der Waals surface area contributed by atoms with Gasteiger partial charge in [-0.1, -0.05) is 97.8 Å². The largest absolute Gasteiger partial charge is 0.466 e. The van der Waals surface area contributed by atoms with Crippen molar-refractivity contribution in [1.29, 1.82) is 0 Å². The Labute approximate surface area is 193 Å². The van der Waals surface area contributed by atoms with Crippen LogP contribution in [0.25, 0.3) is 0 Å². The summed E-state index contributed by atoms with van der Waals surface area (Å²) in [5.74, 6) is 0.224. The Morgan fingerprint density at radius 1 is 0.613 bits per heavy atom. The van der Waals surface area contributed by atoms with Gasteiger partial charge in [0.15, 0.2) is 0 Å². The minimum absolute atomic E-state index is 0.0298. The number of rotatable bonds is 22. The molecule has 0 aromatic carbocycles. The first-order chi connectivity index (χ1) is 15.0. The van der Waals surface area contributed by atoms with Gasteiger partial charge in [0.25, 0.3) is 0 Å². The molecule has 0 aliphatic carbocycles. The molecule has 31 heavy (non-hydrogen) atoms. The van der Waals surface area contributed by atoms with Gasteiger partial charge >= 0.3 is 11.9 Å². The minimum atomic E-state index is -0.159. The molecule has 4 heteroatoms. The molecule has 0 rings (SSSR count). The Hall–Kier alpha value is -1.06. The normalized spacial score (nSPS) is 12.2. The maximum atomic E-state index is 11.8. The van der Waals surface area contributed by atoms with Crippen LogP contribution in [0, 0.1) is 5.92 Å². The Bertz CT molecular complexity index is 419. The van der Waals surface area contributed by atoms with Crippen molar-refractivity contribution < 1.29 is 19.1 Å². The van der Waals surface area contributed by atoms with Gasteiger partial charge in [0.05, 0.1) is 12.7 Å². The van der Waals surface area contributed by atoms with Gasteiger partial charge in [0, 0.05) is 12.8 Å². The summed E-state index contributed by atoms with van der Waals surface area (Å²) in [6.07, 6.45) is 20.1. The molecular weight excluding hydrogens is 388 g/mol. The van der Waals surface area contributed by atoms with Gasteiger partial charge in [-0.3, -0.25) is 9.59 Å². The van der Waals surface area contributed by atoms with Crippen molar-refractivity contribution in [3.8, 4) is 0 Å². The summed E-state index contributed by atoms with van der Waals surface area (Å²) in [5.41, 5.74) is 0. The SMILES string of the molecule is CCCCCCCCCCCCCCCOC(=O)CCCCC(=O)OC(C)CC(C)C. The average Bonchev–Trinajstić information content (AvgIpc) is 2.70. The quantitative estimate of drug-likeness (QED) is 0.126. The second-order valence-electron chi connectivity index (χ2n) is 9.60. The van der Waals surface area contributed by atoms with E-state index >= 15 is 0 Å². The highest BCUT2D eigenvalue weighted by molar-refractivity contribution is 5.70. The lowest BCUT2D eigenvalue weighted by Crippen LogP contribution is -2.16. The molecule has 0 amide bonds. The molecule has 1 atom stereocenters. The molecule has 0 aromatic heterocycles. The van der Waals surface area contributed by atoms with E-state index in [0.717, 1.165) is 19.3 Å². The number of carbonyl (C=O) groups is 2. The van der Waals surface area contributed by atoms with Crippen LogP contribution >= 0.6 is 0 Å². The fourth-order valence-corrected chi connectivity index (χ4v) is 3.91. The van der Waals surface area contributed by atoms with Crippen molar-refractivity contribution >= 4 is 11.9 Å². The molecular formula is C27H52O4. The second-order valence-corrected chi connectivity index (χ2v) is 9.60. The van der Waals surface area contributed by atoms with Gasteiger partial charge in [0.1, 0.15) is 0 Å². The standard InChI is InChI=1S/C27H52O4/c1-5-6-7-8-9-10-11-12-13-14-15-16-19-22-30-26(28)20-17-18-21-27(29)31-25(4)23-24(2)3/h24-25H,5-23H2,1-4H3. The van der Waals surface area contributed by atoms with Crippen molar-refractivity contribution in [3.63, 3.8) is 0 Å². The van der Waals surface area contributed by atoms with Crippen LogP contribution in [0.1, 0.15) is 143 Å². The van der Waals surface area contributed by atoms with E-state index in [1.165, 1.54) is 70.6 Å². The van der Waals surface area contributed by atoms with Gasteiger partial charge in [-0.2, -0.15) is 0 Å². The van der Waals surface area contributed by atoms with Crippen LogP contribution < -0.4 is 0 Å². The number of carbonyl (C=O) groups excluding carboxylic acids is 2. The van der Waals surface area contributed by atoms with Gasteiger partial charge in [-0.15, -0.1) is 0 Å². The Kier molecular flexibility index (Phi) is 21.4. The third kappa shape index (κ3) is 23.4. The average molecular weight is 441 g/mol. The maximum absolute atomic E-state index is 11.8. The topological polar surface area (TPSA) is 52.6 Å². The molecule has 0 N–H and O–H groups in total. The Morgan fingerprint density at radius 2 is 1.06 bits per heavy atom. The monoisotopic (exact) mass is 440 g/mol. The van der Waals surface area contributed by atoms with Crippen LogP contribution in [0.3, 0.4) is 0 Å². The zero-order valence-corrected chi connectivity index (χ0v) is 21.2. The highest BCUT2D eigenvalue weighted by Crippen LogP contribution is 2.13. The third-order valence-electron chi connectivity index (χ3n) is 5.66. The minimum Gasteiger partial charge on any atom is -0.466 e. The van der Waals surface area contributed by atoms with Crippen molar-refractivity contribution in [1.82, 2.24) is 0 Å². The lowest BCUT2D eigenvalue weighted by atomic mass is 10.0. The molecule has 184 valence electrons. The fourth-order valence-electron chi connectivity index (χ4n) is 3.91. The zero-order valence-electron chi connectivity index (χ0n) is 21.2.